The number of hydrogen-bond donors (Lipinski definition) is 0. The molecule has 0 N–H and O–H groups in total. The molecule has 6 nitrogen and oxygen atoms in total. The molecule has 1 aliphatic rings. The van der Waals surface area contributed by atoms with Crippen LogP contribution in [0.3, 0.4) is 0 Å². The van der Waals surface area contributed by atoms with E-state index in [9.17, 15) is 8.42 Å². The Balaban J connectivity index is 1.76. The van der Waals surface area contributed by atoms with Gasteiger partial charge >= 0.3 is 0 Å². The lowest BCUT2D eigenvalue weighted by Crippen LogP contribution is -2.29. The summed E-state index contributed by atoms with van der Waals surface area (Å²) < 4.78 is 40.6. The third-order valence-corrected chi connectivity index (χ3v) is 6.28. The second kappa shape index (κ2) is 6.33. The summed E-state index contributed by atoms with van der Waals surface area (Å²) in [5.74, 6) is 0.930. The molecule has 2 unspecified atom stereocenters. The van der Waals surface area contributed by atoms with Crippen molar-refractivity contribution in [3.63, 3.8) is 0 Å². The number of hydrogen-bond acceptors (Lipinski definition) is 6. The van der Waals surface area contributed by atoms with Crippen molar-refractivity contribution in [2.45, 2.75) is 30.5 Å². The standard InChI is InChI=1S/C16H19NO5S/c1-11-16(7-8-21-11)23(18,19)10-14-9-15(17-22-14)12-3-5-13(20-2)6-4-12/h3-6,9,11,16H,7-8,10H2,1-2H3. The molecule has 3 rings (SSSR count). The minimum atomic E-state index is -3.32. The average Bonchev–Trinajstić information content (AvgIpc) is 3.16. The molecule has 1 saturated heterocycles. The maximum absolute atomic E-state index is 12.5. The lowest BCUT2D eigenvalue weighted by molar-refractivity contribution is 0.126. The van der Waals surface area contributed by atoms with Gasteiger partial charge in [0.05, 0.1) is 18.5 Å². The highest BCUT2D eigenvalue weighted by Crippen LogP contribution is 2.26. The maximum atomic E-state index is 12.5. The number of benzene rings is 1. The van der Waals surface area contributed by atoms with Crippen LogP contribution in [-0.2, 0) is 20.3 Å². The fraction of sp³-hybridized carbons (Fsp3) is 0.438. The highest BCUT2D eigenvalue weighted by Gasteiger charge is 2.36. The molecule has 0 radical (unpaired) electrons. The summed E-state index contributed by atoms with van der Waals surface area (Å²) in [6, 6.07) is 9.00. The van der Waals surface area contributed by atoms with Crippen molar-refractivity contribution in [1.29, 1.82) is 0 Å². The van der Waals surface area contributed by atoms with E-state index in [1.165, 1.54) is 0 Å². The summed E-state index contributed by atoms with van der Waals surface area (Å²) >= 11 is 0. The van der Waals surface area contributed by atoms with Crippen molar-refractivity contribution < 1.29 is 22.4 Å². The normalized spacial score (nSPS) is 21.5. The summed E-state index contributed by atoms with van der Waals surface area (Å²) in [5, 5.41) is 3.49. The number of sulfone groups is 1. The first-order valence-corrected chi connectivity index (χ1v) is 9.14. The van der Waals surface area contributed by atoms with Crippen molar-refractivity contribution in [1.82, 2.24) is 5.16 Å². The van der Waals surface area contributed by atoms with E-state index in [2.05, 4.69) is 5.16 Å². The SMILES string of the molecule is COc1ccc(-c2cc(CS(=O)(=O)C3CCOC3C)on2)cc1. The van der Waals surface area contributed by atoms with Gasteiger partial charge in [-0.15, -0.1) is 0 Å². The van der Waals surface area contributed by atoms with Crippen molar-refractivity contribution in [3.05, 3.63) is 36.1 Å². The van der Waals surface area contributed by atoms with E-state index in [0.29, 0.717) is 24.5 Å². The van der Waals surface area contributed by atoms with E-state index in [1.807, 2.05) is 24.3 Å². The van der Waals surface area contributed by atoms with Gasteiger partial charge < -0.3 is 14.0 Å². The van der Waals surface area contributed by atoms with Crippen molar-refractivity contribution >= 4 is 9.84 Å². The zero-order valence-corrected chi connectivity index (χ0v) is 13.9. The van der Waals surface area contributed by atoms with Gasteiger partial charge in [-0.3, -0.25) is 0 Å². The molecule has 2 atom stereocenters. The first kappa shape index (κ1) is 16.0. The van der Waals surface area contributed by atoms with Gasteiger partial charge in [0.1, 0.15) is 17.2 Å². The second-order valence-electron chi connectivity index (χ2n) is 5.62. The largest absolute Gasteiger partial charge is 0.497 e. The van der Waals surface area contributed by atoms with Gasteiger partial charge in [-0.1, -0.05) is 5.16 Å². The average molecular weight is 337 g/mol. The minimum Gasteiger partial charge on any atom is -0.497 e. The Morgan fingerprint density at radius 3 is 2.65 bits per heavy atom. The van der Waals surface area contributed by atoms with Crippen LogP contribution in [0.1, 0.15) is 19.1 Å². The third kappa shape index (κ3) is 3.40. The van der Waals surface area contributed by atoms with Gasteiger partial charge in [-0.05, 0) is 37.6 Å². The molecule has 1 fully saturated rings. The van der Waals surface area contributed by atoms with E-state index in [0.717, 1.165) is 11.3 Å². The molecule has 0 amide bonds. The van der Waals surface area contributed by atoms with Crippen LogP contribution in [0.2, 0.25) is 0 Å². The smallest absolute Gasteiger partial charge is 0.163 e. The predicted molar refractivity (Wildman–Crippen MR) is 84.9 cm³/mol. The minimum absolute atomic E-state index is 0.158. The lowest BCUT2D eigenvalue weighted by Gasteiger charge is -2.13. The molecule has 0 saturated carbocycles. The predicted octanol–water partition coefficient (Wildman–Crippen LogP) is 2.44. The first-order chi connectivity index (χ1) is 11.0. The van der Waals surface area contributed by atoms with Crippen molar-refractivity contribution in [2.24, 2.45) is 0 Å². The van der Waals surface area contributed by atoms with Crippen LogP contribution in [0.4, 0.5) is 0 Å². The molecule has 0 bridgehead atoms. The van der Waals surface area contributed by atoms with Crippen LogP contribution in [0.25, 0.3) is 11.3 Å². The molecule has 0 spiro atoms. The Morgan fingerprint density at radius 1 is 1.30 bits per heavy atom. The highest BCUT2D eigenvalue weighted by atomic mass is 32.2. The quantitative estimate of drug-likeness (QED) is 0.834. The third-order valence-electron chi connectivity index (χ3n) is 4.06. The van der Waals surface area contributed by atoms with Crippen LogP contribution in [-0.4, -0.2) is 38.6 Å². The maximum Gasteiger partial charge on any atom is 0.163 e. The number of methoxy groups -OCH3 is 1. The molecule has 2 aromatic rings. The van der Waals surface area contributed by atoms with E-state index >= 15 is 0 Å². The Kier molecular flexibility index (Phi) is 4.41. The second-order valence-corrected chi connectivity index (χ2v) is 7.84. The molecule has 7 heteroatoms. The van der Waals surface area contributed by atoms with Crippen LogP contribution >= 0.6 is 0 Å². The van der Waals surface area contributed by atoms with Gasteiger partial charge in [0.25, 0.3) is 0 Å². The Bertz CT molecular complexity index is 766. The van der Waals surface area contributed by atoms with Gasteiger partial charge in [0, 0.05) is 18.2 Å². The molecule has 124 valence electrons. The highest BCUT2D eigenvalue weighted by molar-refractivity contribution is 7.91. The Morgan fingerprint density at radius 2 is 2.04 bits per heavy atom. The Hall–Kier alpha value is -1.86. The first-order valence-electron chi connectivity index (χ1n) is 7.43. The van der Waals surface area contributed by atoms with Crippen LogP contribution in [0.15, 0.2) is 34.9 Å². The molecular formula is C16H19NO5S. The molecule has 1 aliphatic heterocycles. The fourth-order valence-electron chi connectivity index (χ4n) is 2.77. The van der Waals surface area contributed by atoms with Crippen LogP contribution in [0.5, 0.6) is 5.75 Å². The van der Waals surface area contributed by atoms with E-state index in [1.54, 1.807) is 20.1 Å². The zero-order chi connectivity index (χ0) is 16.4. The van der Waals surface area contributed by atoms with Crippen molar-refractivity contribution in [2.75, 3.05) is 13.7 Å². The molecule has 2 heterocycles. The fourth-order valence-corrected chi connectivity index (χ4v) is 4.63. The summed E-state index contributed by atoms with van der Waals surface area (Å²) in [4.78, 5) is 0. The number of ether oxygens (including phenoxy) is 2. The molecular weight excluding hydrogens is 318 g/mol. The molecule has 1 aromatic heterocycles. The Labute approximate surface area is 135 Å². The zero-order valence-electron chi connectivity index (χ0n) is 13.1. The van der Waals surface area contributed by atoms with Crippen LogP contribution < -0.4 is 4.74 Å². The molecule has 1 aromatic carbocycles. The number of aromatic nitrogens is 1. The summed E-state index contributed by atoms with van der Waals surface area (Å²) in [6.45, 7) is 2.27. The summed E-state index contributed by atoms with van der Waals surface area (Å²) in [5.41, 5.74) is 1.45. The number of rotatable bonds is 5. The van der Waals surface area contributed by atoms with E-state index in [4.69, 9.17) is 14.0 Å². The van der Waals surface area contributed by atoms with Gasteiger partial charge in [-0.2, -0.15) is 0 Å². The lowest BCUT2D eigenvalue weighted by atomic mass is 10.1. The topological polar surface area (TPSA) is 78.6 Å². The molecule has 23 heavy (non-hydrogen) atoms. The molecule has 0 aliphatic carbocycles. The van der Waals surface area contributed by atoms with Gasteiger partial charge in [0.2, 0.25) is 0 Å². The van der Waals surface area contributed by atoms with Crippen molar-refractivity contribution in [3.8, 4) is 17.0 Å². The monoisotopic (exact) mass is 337 g/mol. The van der Waals surface area contributed by atoms with Gasteiger partial charge in [-0.25, -0.2) is 8.42 Å². The summed E-state index contributed by atoms with van der Waals surface area (Å²) in [6.07, 6.45) is 0.257. The van der Waals surface area contributed by atoms with E-state index in [-0.39, 0.29) is 11.9 Å². The van der Waals surface area contributed by atoms with Crippen LogP contribution in [0, 0.1) is 0 Å². The van der Waals surface area contributed by atoms with Gasteiger partial charge in [0.15, 0.2) is 15.6 Å². The number of nitrogens with zero attached hydrogens (tertiary/aromatic N) is 1. The van der Waals surface area contributed by atoms with E-state index < -0.39 is 15.1 Å². The summed E-state index contributed by atoms with van der Waals surface area (Å²) in [7, 11) is -1.72.